The van der Waals surface area contributed by atoms with Crippen LogP contribution in [0.1, 0.15) is 24.8 Å². The first kappa shape index (κ1) is 12.6. The molecule has 1 atom stereocenters. The number of hydrogen-bond donors (Lipinski definition) is 2. The zero-order valence-corrected chi connectivity index (χ0v) is 10.7. The van der Waals surface area contributed by atoms with Gasteiger partial charge in [-0.25, -0.2) is 10.1 Å². The molecule has 1 aromatic carbocycles. The summed E-state index contributed by atoms with van der Waals surface area (Å²) in [6.07, 6.45) is 1.37. The molecule has 0 spiro atoms. The minimum absolute atomic E-state index is 0.0367. The lowest BCUT2D eigenvalue weighted by atomic mass is 10.2. The molecule has 7 nitrogen and oxygen atoms in total. The summed E-state index contributed by atoms with van der Waals surface area (Å²) in [6, 6.07) is 8.86. The minimum Gasteiger partial charge on any atom is -0.410 e. The summed E-state index contributed by atoms with van der Waals surface area (Å²) < 4.78 is 10.4. The van der Waals surface area contributed by atoms with Crippen molar-refractivity contribution in [1.82, 2.24) is 15.5 Å². The van der Waals surface area contributed by atoms with Crippen molar-refractivity contribution in [3.05, 3.63) is 36.2 Å². The quantitative estimate of drug-likeness (QED) is 0.891. The summed E-state index contributed by atoms with van der Waals surface area (Å²) in [5.74, 6) is 0.930. The third-order valence-corrected chi connectivity index (χ3v) is 2.96. The van der Waals surface area contributed by atoms with Gasteiger partial charge < -0.3 is 14.5 Å². The fourth-order valence-corrected chi connectivity index (χ4v) is 2.03. The number of anilines is 1. The Hall–Kier alpha value is -2.41. The number of hydrogen-bond acceptors (Lipinski definition) is 6. The van der Waals surface area contributed by atoms with Gasteiger partial charge in [0.05, 0.1) is 6.04 Å². The molecule has 7 heteroatoms. The topological polar surface area (TPSA) is 89.3 Å². The van der Waals surface area contributed by atoms with Crippen LogP contribution in [-0.4, -0.2) is 22.8 Å². The van der Waals surface area contributed by atoms with Crippen molar-refractivity contribution in [3.63, 3.8) is 0 Å². The number of rotatable bonds is 3. The molecule has 0 bridgehead atoms. The largest absolute Gasteiger partial charge is 0.420 e. The van der Waals surface area contributed by atoms with Crippen LogP contribution in [0.25, 0.3) is 0 Å². The second kappa shape index (κ2) is 5.70. The number of nitrogens with one attached hydrogen (secondary N) is 2. The van der Waals surface area contributed by atoms with E-state index in [0.717, 1.165) is 19.4 Å². The predicted octanol–water partition coefficient (Wildman–Crippen LogP) is 2.10. The van der Waals surface area contributed by atoms with E-state index in [-0.39, 0.29) is 12.1 Å². The van der Waals surface area contributed by atoms with Gasteiger partial charge >= 0.3 is 12.1 Å². The normalized spacial score (nSPS) is 17.9. The van der Waals surface area contributed by atoms with Crippen molar-refractivity contribution in [1.29, 1.82) is 0 Å². The van der Waals surface area contributed by atoms with E-state index in [2.05, 4.69) is 20.8 Å². The van der Waals surface area contributed by atoms with Gasteiger partial charge in [-0.05, 0) is 31.5 Å². The van der Waals surface area contributed by atoms with Crippen LogP contribution in [0.2, 0.25) is 0 Å². The Morgan fingerprint density at radius 2 is 2.20 bits per heavy atom. The fourth-order valence-electron chi connectivity index (χ4n) is 2.03. The third kappa shape index (κ3) is 2.94. The smallest absolute Gasteiger partial charge is 0.410 e. The van der Waals surface area contributed by atoms with Crippen LogP contribution >= 0.6 is 0 Å². The average Bonchev–Trinajstić information content (AvgIpc) is 3.10. The Bertz CT molecular complexity index is 578. The maximum Gasteiger partial charge on any atom is 0.420 e. The number of aromatic nitrogens is 2. The highest BCUT2D eigenvalue weighted by atomic mass is 16.6. The first-order chi connectivity index (χ1) is 9.81. The van der Waals surface area contributed by atoms with E-state index in [1.807, 2.05) is 6.07 Å². The van der Waals surface area contributed by atoms with Gasteiger partial charge in [0, 0.05) is 0 Å². The van der Waals surface area contributed by atoms with Crippen LogP contribution in [0.15, 0.2) is 34.7 Å². The summed E-state index contributed by atoms with van der Waals surface area (Å²) >= 11 is 0. The highest BCUT2D eigenvalue weighted by molar-refractivity contribution is 5.83. The van der Waals surface area contributed by atoms with Crippen molar-refractivity contribution < 1.29 is 13.9 Å². The van der Waals surface area contributed by atoms with Crippen molar-refractivity contribution in [2.45, 2.75) is 18.9 Å². The van der Waals surface area contributed by atoms with Crippen molar-refractivity contribution in [3.8, 4) is 5.75 Å². The molecule has 2 aromatic rings. The predicted molar refractivity (Wildman–Crippen MR) is 70.4 cm³/mol. The van der Waals surface area contributed by atoms with Gasteiger partial charge in [0.25, 0.3) is 0 Å². The zero-order chi connectivity index (χ0) is 13.8. The molecule has 2 N–H and O–H groups in total. The zero-order valence-electron chi connectivity index (χ0n) is 10.7. The average molecular weight is 274 g/mol. The standard InChI is InChI=1S/C13H14N4O3/c18-13(19-9-5-2-1-3-6-9)15-12-17-16-11(20-12)10-7-4-8-14-10/h1-3,5-6,10,14H,4,7-8H2,(H,15,17,18). The summed E-state index contributed by atoms with van der Waals surface area (Å²) in [5, 5.41) is 13.3. The molecular weight excluding hydrogens is 260 g/mol. The Balaban J connectivity index is 1.59. The van der Waals surface area contributed by atoms with Gasteiger partial charge in [0.15, 0.2) is 0 Å². The van der Waals surface area contributed by atoms with Crippen molar-refractivity contribution in [2.75, 3.05) is 11.9 Å². The van der Waals surface area contributed by atoms with Gasteiger partial charge in [0.2, 0.25) is 5.89 Å². The molecule has 104 valence electrons. The third-order valence-electron chi connectivity index (χ3n) is 2.96. The Morgan fingerprint density at radius 3 is 2.95 bits per heavy atom. The number of nitrogens with zero attached hydrogens (tertiary/aromatic N) is 2. The molecule has 0 saturated carbocycles. The van der Waals surface area contributed by atoms with Crippen LogP contribution in [0.4, 0.5) is 10.8 Å². The SMILES string of the molecule is O=C(Nc1nnc(C2CCCN2)o1)Oc1ccccc1. The van der Waals surface area contributed by atoms with E-state index in [1.165, 1.54) is 0 Å². The molecule has 0 aliphatic carbocycles. The molecule has 1 aliphatic rings. The maximum absolute atomic E-state index is 11.6. The Labute approximate surface area is 115 Å². The van der Waals surface area contributed by atoms with Gasteiger partial charge in [-0.15, -0.1) is 5.10 Å². The van der Waals surface area contributed by atoms with E-state index >= 15 is 0 Å². The lowest BCUT2D eigenvalue weighted by molar-refractivity contribution is 0.214. The highest BCUT2D eigenvalue weighted by Gasteiger charge is 2.22. The molecule has 1 aromatic heterocycles. The molecule has 1 amide bonds. The summed E-state index contributed by atoms with van der Waals surface area (Å²) in [7, 11) is 0. The second-order valence-corrected chi connectivity index (χ2v) is 4.42. The number of carbonyl (C=O) groups is 1. The van der Waals surface area contributed by atoms with Crippen LogP contribution in [0.3, 0.4) is 0 Å². The fraction of sp³-hybridized carbons (Fsp3) is 0.308. The number of para-hydroxylation sites is 1. The first-order valence-electron chi connectivity index (χ1n) is 6.42. The van der Waals surface area contributed by atoms with Gasteiger partial charge in [-0.2, -0.15) is 0 Å². The lowest BCUT2D eigenvalue weighted by Gasteiger charge is -2.03. The van der Waals surface area contributed by atoms with Crippen molar-refractivity contribution >= 4 is 12.1 Å². The van der Waals surface area contributed by atoms with Gasteiger partial charge in [-0.1, -0.05) is 23.3 Å². The van der Waals surface area contributed by atoms with Crippen molar-refractivity contribution in [2.24, 2.45) is 0 Å². The Morgan fingerprint density at radius 1 is 1.35 bits per heavy atom. The van der Waals surface area contributed by atoms with Crippen LogP contribution in [0, 0.1) is 0 Å². The molecular formula is C13H14N4O3. The van der Waals surface area contributed by atoms with E-state index in [0.29, 0.717) is 11.6 Å². The monoisotopic (exact) mass is 274 g/mol. The molecule has 1 saturated heterocycles. The summed E-state index contributed by atoms with van der Waals surface area (Å²) in [6.45, 7) is 0.936. The summed E-state index contributed by atoms with van der Waals surface area (Å²) in [4.78, 5) is 11.6. The molecule has 1 aliphatic heterocycles. The molecule has 3 rings (SSSR count). The number of carbonyl (C=O) groups excluding carboxylic acids is 1. The van der Waals surface area contributed by atoms with Crippen LogP contribution in [-0.2, 0) is 0 Å². The number of ether oxygens (including phenoxy) is 1. The summed E-state index contributed by atoms with van der Waals surface area (Å²) in [5.41, 5.74) is 0. The first-order valence-corrected chi connectivity index (χ1v) is 6.42. The van der Waals surface area contributed by atoms with Gasteiger partial charge in [-0.3, -0.25) is 0 Å². The number of benzene rings is 1. The van der Waals surface area contributed by atoms with E-state index < -0.39 is 6.09 Å². The van der Waals surface area contributed by atoms with E-state index in [4.69, 9.17) is 9.15 Å². The highest BCUT2D eigenvalue weighted by Crippen LogP contribution is 2.22. The molecule has 1 fully saturated rings. The second-order valence-electron chi connectivity index (χ2n) is 4.42. The lowest BCUT2D eigenvalue weighted by Crippen LogP contribution is -2.16. The van der Waals surface area contributed by atoms with E-state index in [9.17, 15) is 4.79 Å². The maximum atomic E-state index is 11.6. The van der Waals surface area contributed by atoms with Crippen LogP contribution in [0.5, 0.6) is 5.75 Å². The molecule has 0 radical (unpaired) electrons. The van der Waals surface area contributed by atoms with Gasteiger partial charge in [0.1, 0.15) is 5.75 Å². The molecule has 20 heavy (non-hydrogen) atoms. The van der Waals surface area contributed by atoms with E-state index in [1.54, 1.807) is 24.3 Å². The Kier molecular flexibility index (Phi) is 3.60. The number of amides is 1. The van der Waals surface area contributed by atoms with Crippen LogP contribution < -0.4 is 15.4 Å². The molecule has 1 unspecified atom stereocenters. The minimum atomic E-state index is -0.661. The molecule has 2 heterocycles.